The van der Waals surface area contributed by atoms with Crippen molar-refractivity contribution in [2.75, 3.05) is 0 Å². The Hall–Kier alpha value is -2.45. The molecule has 2 heterocycles. The maximum Gasteiger partial charge on any atom is 0.126 e. The number of nitrogens with zero attached hydrogens (tertiary/aromatic N) is 3. The number of pyridine rings is 1. The largest absolute Gasteiger partial charge is 0.508 e. The fourth-order valence-corrected chi connectivity index (χ4v) is 2.69. The van der Waals surface area contributed by atoms with Gasteiger partial charge in [0.1, 0.15) is 16.8 Å². The second kappa shape index (κ2) is 6.13. The Balaban J connectivity index is 0.000000704. The third-order valence-corrected chi connectivity index (χ3v) is 3.61. The van der Waals surface area contributed by atoms with Crippen molar-refractivity contribution in [1.82, 2.24) is 9.97 Å². The second-order valence-electron chi connectivity index (χ2n) is 3.70. The van der Waals surface area contributed by atoms with Crippen LogP contribution < -0.4 is 0 Å². The Morgan fingerprint density at radius 1 is 1.25 bits per heavy atom. The average Bonchev–Trinajstić information content (AvgIpc) is 2.92. The molecule has 0 spiro atoms. The van der Waals surface area contributed by atoms with Crippen LogP contribution >= 0.6 is 11.3 Å². The second-order valence-corrected chi connectivity index (χ2v) is 4.73. The zero-order valence-electron chi connectivity index (χ0n) is 11.2. The molecular formula is C15H13N3OS. The summed E-state index contributed by atoms with van der Waals surface area (Å²) >= 11 is 1.49. The Labute approximate surface area is 121 Å². The van der Waals surface area contributed by atoms with Gasteiger partial charge in [-0.3, -0.25) is 4.98 Å². The molecule has 0 fully saturated rings. The predicted octanol–water partition coefficient (Wildman–Crippen LogP) is 3.96. The van der Waals surface area contributed by atoms with E-state index in [0.717, 1.165) is 20.8 Å². The first-order valence-electron chi connectivity index (χ1n) is 6.22. The minimum Gasteiger partial charge on any atom is -0.508 e. The Kier molecular flexibility index (Phi) is 4.28. The van der Waals surface area contributed by atoms with E-state index >= 15 is 0 Å². The molecule has 3 rings (SSSR count). The van der Waals surface area contributed by atoms with Gasteiger partial charge in [0.2, 0.25) is 0 Å². The minimum absolute atomic E-state index is 0.189. The lowest BCUT2D eigenvalue weighted by Gasteiger charge is -1.96. The SMILES string of the molecule is CC.N#Cc1cnccc1-c1nc2cc(O)ccc2s1. The van der Waals surface area contributed by atoms with Crippen molar-refractivity contribution >= 4 is 21.6 Å². The fraction of sp³-hybridized carbons (Fsp3) is 0.133. The van der Waals surface area contributed by atoms with Crippen LogP contribution in [0, 0.1) is 11.3 Å². The summed E-state index contributed by atoms with van der Waals surface area (Å²) in [5, 5.41) is 19.2. The average molecular weight is 283 g/mol. The molecule has 100 valence electrons. The molecule has 5 heteroatoms. The summed E-state index contributed by atoms with van der Waals surface area (Å²) in [7, 11) is 0. The lowest BCUT2D eigenvalue weighted by molar-refractivity contribution is 0.476. The number of rotatable bonds is 1. The molecular weight excluding hydrogens is 270 g/mol. The number of benzene rings is 1. The smallest absolute Gasteiger partial charge is 0.126 e. The van der Waals surface area contributed by atoms with Crippen LogP contribution in [-0.4, -0.2) is 15.1 Å². The standard InChI is InChI=1S/C13H7N3OS.C2H6/c14-6-8-7-15-4-3-10(8)13-16-11-5-9(17)1-2-12(11)18-13;1-2/h1-5,7,17H;1-2H3. The first-order valence-corrected chi connectivity index (χ1v) is 7.03. The number of aromatic hydroxyl groups is 1. The van der Waals surface area contributed by atoms with Gasteiger partial charge in [0.05, 0.1) is 15.8 Å². The van der Waals surface area contributed by atoms with E-state index in [1.807, 2.05) is 19.9 Å². The molecule has 0 saturated carbocycles. The fourth-order valence-electron chi connectivity index (χ4n) is 1.70. The van der Waals surface area contributed by atoms with Crippen molar-refractivity contribution in [3.63, 3.8) is 0 Å². The number of hydrogen-bond donors (Lipinski definition) is 1. The molecule has 0 saturated heterocycles. The van der Waals surface area contributed by atoms with Gasteiger partial charge in [0, 0.05) is 24.0 Å². The summed E-state index contributed by atoms with van der Waals surface area (Å²) in [5.41, 5.74) is 2.00. The third-order valence-electron chi connectivity index (χ3n) is 2.54. The van der Waals surface area contributed by atoms with Gasteiger partial charge < -0.3 is 5.11 Å². The topological polar surface area (TPSA) is 69.8 Å². The number of hydrogen-bond acceptors (Lipinski definition) is 5. The van der Waals surface area contributed by atoms with Crippen LogP contribution in [0.2, 0.25) is 0 Å². The normalized spacial score (nSPS) is 9.65. The van der Waals surface area contributed by atoms with Crippen molar-refractivity contribution in [3.8, 4) is 22.4 Å². The monoisotopic (exact) mass is 283 g/mol. The summed E-state index contributed by atoms with van der Waals surface area (Å²) in [6, 6.07) is 8.94. The molecule has 4 nitrogen and oxygen atoms in total. The van der Waals surface area contributed by atoms with Crippen LogP contribution in [0.15, 0.2) is 36.7 Å². The zero-order chi connectivity index (χ0) is 14.5. The van der Waals surface area contributed by atoms with Crippen molar-refractivity contribution in [1.29, 1.82) is 5.26 Å². The highest BCUT2D eigenvalue weighted by molar-refractivity contribution is 7.21. The van der Waals surface area contributed by atoms with E-state index in [1.165, 1.54) is 17.5 Å². The van der Waals surface area contributed by atoms with Crippen molar-refractivity contribution in [2.24, 2.45) is 0 Å². The molecule has 0 amide bonds. The zero-order valence-corrected chi connectivity index (χ0v) is 12.0. The van der Waals surface area contributed by atoms with Crippen LogP contribution in [-0.2, 0) is 0 Å². The van der Waals surface area contributed by atoms with Gasteiger partial charge in [0.15, 0.2) is 0 Å². The van der Waals surface area contributed by atoms with E-state index in [-0.39, 0.29) is 5.75 Å². The van der Waals surface area contributed by atoms with Gasteiger partial charge in [-0.1, -0.05) is 13.8 Å². The Morgan fingerprint density at radius 2 is 2.05 bits per heavy atom. The van der Waals surface area contributed by atoms with Crippen LogP contribution in [0.3, 0.4) is 0 Å². The molecule has 1 aromatic carbocycles. The van der Waals surface area contributed by atoms with Gasteiger partial charge >= 0.3 is 0 Å². The molecule has 0 aliphatic rings. The molecule has 0 atom stereocenters. The van der Waals surface area contributed by atoms with E-state index in [4.69, 9.17) is 5.26 Å². The van der Waals surface area contributed by atoms with E-state index < -0.39 is 0 Å². The molecule has 1 N–H and O–H groups in total. The molecule has 20 heavy (non-hydrogen) atoms. The van der Waals surface area contributed by atoms with E-state index in [2.05, 4.69) is 16.0 Å². The summed E-state index contributed by atoms with van der Waals surface area (Å²) in [5.74, 6) is 0.189. The highest BCUT2D eigenvalue weighted by atomic mass is 32.1. The van der Waals surface area contributed by atoms with E-state index in [1.54, 1.807) is 24.4 Å². The van der Waals surface area contributed by atoms with Gasteiger partial charge in [-0.15, -0.1) is 11.3 Å². The van der Waals surface area contributed by atoms with Crippen molar-refractivity contribution in [2.45, 2.75) is 13.8 Å². The Morgan fingerprint density at radius 3 is 2.80 bits per heavy atom. The first kappa shape index (κ1) is 14.0. The summed E-state index contributed by atoms with van der Waals surface area (Å²) < 4.78 is 0.975. The lowest BCUT2D eigenvalue weighted by atomic mass is 10.2. The third kappa shape index (κ3) is 2.60. The number of thiazole rings is 1. The number of fused-ring (bicyclic) bond motifs is 1. The highest BCUT2D eigenvalue weighted by Gasteiger charge is 2.10. The lowest BCUT2D eigenvalue weighted by Crippen LogP contribution is -1.84. The molecule has 0 radical (unpaired) electrons. The summed E-state index contributed by atoms with van der Waals surface area (Å²) in [6.45, 7) is 4.00. The molecule has 2 aromatic heterocycles. The molecule has 0 aliphatic carbocycles. The van der Waals surface area contributed by atoms with Crippen LogP contribution in [0.25, 0.3) is 20.8 Å². The molecule has 0 unspecified atom stereocenters. The summed E-state index contributed by atoms with van der Waals surface area (Å²) in [6.07, 6.45) is 3.17. The molecule has 3 aromatic rings. The van der Waals surface area contributed by atoms with Crippen LogP contribution in [0.4, 0.5) is 0 Å². The predicted molar refractivity (Wildman–Crippen MR) is 80.6 cm³/mol. The van der Waals surface area contributed by atoms with Crippen LogP contribution in [0.1, 0.15) is 19.4 Å². The number of phenols is 1. The first-order chi connectivity index (χ1) is 9.78. The van der Waals surface area contributed by atoms with Crippen molar-refractivity contribution < 1.29 is 5.11 Å². The van der Waals surface area contributed by atoms with E-state index in [9.17, 15) is 5.11 Å². The van der Waals surface area contributed by atoms with Gasteiger partial charge in [-0.05, 0) is 18.2 Å². The highest BCUT2D eigenvalue weighted by Crippen LogP contribution is 2.32. The van der Waals surface area contributed by atoms with Gasteiger partial charge in [0.25, 0.3) is 0 Å². The molecule has 0 bridgehead atoms. The number of nitriles is 1. The Bertz CT molecular complexity index is 774. The van der Waals surface area contributed by atoms with Crippen molar-refractivity contribution in [3.05, 3.63) is 42.2 Å². The maximum absolute atomic E-state index is 9.41. The van der Waals surface area contributed by atoms with Gasteiger partial charge in [-0.2, -0.15) is 5.26 Å². The number of aromatic nitrogens is 2. The minimum atomic E-state index is 0.189. The maximum atomic E-state index is 9.41. The van der Waals surface area contributed by atoms with Gasteiger partial charge in [-0.25, -0.2) is 4.98 Å². The quantitative estimate of drug-likeness (QED) is 0.733. The van der Waals surface area contributed by atoms with E-state index in [0.29, 0.717) is 5.56 Å². The van der Waals surface area contributed by atoms with Crippen LogP contribution in [0.5, 0.6) is 5.75 Å². The molecule has 0 aliphatic heterocycles. The summed E-state index contributed by atoms with van der Waals surface area (Å²) in [4.78, 5) is 8.36. The number of phenolic OH excluding ortho intramolecular Hbond substituents is 1.